The second-order valence-electron chi connectivity index (χ2n) is 3.29. The molecular weight excluding hydrogens is 276 g/mol. The number of benzene rings is 1. The summed E-state index contributed by atoms with van der Waals surface area (Å²) in [4.78, 5) is 10.9. The van der Waals surface area contributed by atoms with Gasteiger partial charge in [-0.3, -0.25) is 4.79 Å². The zero-order valence-corrected chi connectivity index (χ0v) is 10.3. The number of halogens is 1. The number of carbonyl (C=O) groups excluding carboxylic acids is 1. The van der Waals surface area contributed by atoms with Gasteiger partial charge >= 0.3 is 5.97 Å². The summed E-state index contributed by atoms with van der Waals surface area (Å²) in [5.74, 6) is 1.04. The maximum absolute atomic E-state index is 11.3. The predicted octanol–water partition coefficient (Wildman–Crippen LogP) is 2.07. The highest BCUT2D eigenvalue weighted by Crippen LogP contribution is 2.35. The Hall–Kier alpha value is -1.23. The van der Waals surface area contributed by atoms with Crippen molar-refractivity contribution >= 4 is 21.9 Å². The predicted molar refractivity (Wildman–Crippen MR) is 61.1 cm³/mol. The zero-order chi connectivity index (χ0) is 11.5. The molecule has 0 aliphatic carbocycles. The van der Waals surface area contributed by atoms with Crippen LogP contribution in [0, 0.1) is 0 Å². The van der Waals surface area contributed by atoms with Crippen LogP contribution in [-0.4, -0.2) is 26.3 Å². The third-order valence-electron chi connectivity index (χ3n) is 2.27. The Bertz CT molecular complexity index is 405. The summed E-state index contributed by atoms with van der Waals surface area (Å²) in [6, 6.07) is 5.38. The van der Waals surface area contributed by atoms with Crippen molar-refractivity contribution in [3.63, 3.8) is 0 Å². The van der Waals surface area contributed by atoms with Gasteiger partial charge in [0.1, 0.15) is 18.0 Å². The molecular formula is C11H11BrO4. The van der Waals surface area contributed by atoms with Crippen molar-refractivity contribution in [2.75, 3.05) is 20.3 Å². The van der Waals surface area contributed by atoms with E-state index in [4.69, 9.17) is 9.47 Å². The number of ether oxygens (including phenoxy) is 3. The molecule has 1 aliphatic rings. The topological polar surface area (TPSA) is 44.8 Å². The number of hydrogen-bond donors (Lipinski definition) is 0. The van der Waals surface area contributed by atoms with Gasteiger partial charge in [-0.2, -0.15) is 0 Å². The molecule has 0 saturated carbocycles. The van der Waals surface area contributed by atoms with E-state index in [9.17, 15) is 4.79 Å². The Balaban J connectivity index is 2.26. The fourth-order valence-corrected chi connectivity index (χ4v) is 1.93. The summed E-state index contributed by atoms with van der Waals surface area (Å²) in [5.41, 5.74) is 0.788. The number of rotatable bonds is 2. The van der Waals surface area contributed by atoms with Gasteiger partial charge in [-0.15, -0.1) is 0 Å². The van der Waals surface area contributed by atoms with E-state index in [0.717, 1.165) is 5.56 Å². The number of fused-ring (bicyclic) bond motifs is 1. The minimum absolute atomic E-state index is 0.336. The number of hydrogen-bond acceptors (Lipinski definition) is 4. The molecule has 1 atom stereocenters. The number of esters is 1. The maximum atomic E-state index is 11.3. The van der Waals surface area contributed by atoms with Crippen molar-refractivity contribution in [1.29, 1.82) is 0 Å². The monoisotopic (exact) mass is 286 g/mol. The van der Waals surface area contributed by atoms with Crippen LogP contribution in [0.1, 0.15) is 10.4 Å². The van der Waals surface area contributed by atoms with E-state index in [-0.39, 0.29) is 5.97 Å². The highest BCUT2D eigenvalue weighted by Gasteiger charge is 2.20. The molecule has 1 unspecified atom stereocenters. The molecule has 2 rings (SSSR count). The molecule has 1 heterocycles. The first-order valence-electron chi connectivity index (χ1n) is 4.84. The molecule has 1 aliphatic heterocycles. The standard InChI is InChI=1S/C11H11BrO4/c1-14-11(13)10(12)7-2-3-8-9(6-7)16-5-4-15-8/h2-3,6,10H,4-5H2,1H3. The van der Waals surface area contributed by atoms with Crippen LogP contribution in [0.3, 0.4) is 0 Å². The average Bonchev–Trinajstić information content (AvgIpc) is 2.36. The fourth-order valence-electron chi connectivity index (χ4n) is 1.46. The van der Waals surface area contributed by atoms with Crippen molar-refractivity contribution in [2.24, 2.45) is 0 Å². The molecule has 0 amide bonds. The molecule has 0 bridgehead atoms. The lowest BCUT2D eigenvalue weighted by Crippen LogP contribution is -2.16. The minimum atomic E-state index is -0.478. The Labute approximate surface area is 102 Å². The lowest BCUT2D eigenvalue weighted by molar-refractivity contribution is -0.139. The van der Waals surface area contributed by atoms with Gasteiger partial charge in [-0.05, 0) is 17.7 Å². The second-order valence-corrected chi connectivity index (χ2v) is 4.20. The first kappa shape index (κ1) is 11.3. The van der Waals surface area contributed by atoms with E-state index in [1.807, 2.05) is 6.07 Å². The Morgan fingerprint density at radius 1 is 1.38 bits per heavy atom. The minimum Gasteiger partial charge on any atom is -0.486 e. The highest BCUT2D eigenvalue weighted by molar-refractivity contribution is 9.09. The van der Waals surface area contributed by atoms with Gasteiger partial charge in [0.2, 0.25) is 0 Å². The summed E-state index contributed by atoms with van der Waals surface area (Å²) in [7, 11) is 1.36. The van der Waals surface area contributed by atoms with Gasteiger partial charge in [0.05, 0.1) is 7.11 Å². The van der Waals surface area contributed by atoms with Gasteiger partial charge < -0.3 is 14.2 Å². The van der Waals surface area contributed by atoms with Crippen LogP contribution < -0.4 is 9.47 Å². The summed E-state index contributed by atoms with van der Waals surface area (Å²) in [6.07, 6.45) is 0. The first-order chi connectivity index (χ1) is 7.72. The average molecular weight is 287 g/mol. The molecule has 0 fully saturated rings. The van der Waals surface area contributed by atoms with Crippen LogP contribution in [0.2, 0.25) is 0 Å². The maximum Gasteiger partial charge on any atom is 0.324 e. The summed E-state index contributed by atoms with van der Waals surface area (Å²) in [6.45, 7) is 1.09. The Morgan fingerprint density at radius 3 is 2.75 bits per heavy atom. The Morgan fingerprint density at radius 2 is 2.06 bits per heavy atom. The molecule has 0 saturated heterocycles. The largest absolute Gasteiger partial charge is 0.486 e. The number of methoxy groups -OCH3 is 1. The van der Waals surface area contributed by atoms with E-state index >= 15 is 0 Å². The van der Waals surface area contributed by atoms with E-state index in [1.165, 1.54) is 7.11 Å². The highest BCUT2D eigenvalue weighted by atomic mass is 79.9. The SMILES string of the molecule is COC(=O)C(Br)c1ccc2c(c1)OCCO2. The van der Waals surface area contributed by atoms with E-state index in [0.29, 0.717) is 24.7 Å². The Kier molecular flexibility index (Phi) is 3.33. The zero-order valence-electron chi connectivity index (χ0n) is 8.73. The number of carbonyl (C=O) groups is 1. The fraction of sp³-hybridized carbons (Fsp3) is 0.364. The van der Waals surface area contributed by atoms with Crippen LogP contribution in [0.25, 0.3) is 0 Å². The van der Waals surface area contributed by atoms with Crippen LogP contribution in [-0.2, 0) is 9.53 Å². The number of alkyl halides is 1. The molecule has 16 heavy (non-hydrogen) atoms. The van der Waals surface area contributed by atoms with Crippen LogP contribution in [0.5, 0.6) is 11.5 Å². The van der Waals surface area contributed by atoms with Gasteiger partial charge in [0.25, 0.3) is 0 Å². The van der Waals surface area contributed by atoms with Crippen molar-refractivity contribution < 1.29 is 19.0 Å². The molecule has 0 N–H and O–H groups in total. The normalized spacial score (nSPS) is 15.4. The summed E-state index contributed by atoms with van der Waals surface area (Å²) >= 11 is 3.27. The molecule has 4 nitrogen and oxygen atoms in total. The van der Waals surface area contributed by atoms with Gasteiger partial charge in [0, 0.05) is 0 Å². The third kappa shape index (κ3) is 2.14. The quantitative estimate of drug-likeness (QED) is 0.617. The van der Waals surface area contributed by atoms with E-state index in [1.54, 1.807) is 12.1 Å². The van der Waals surface area contributed by atoms with E-state index < -0.39 is 4.83 Å². The van der Waals surface area contributed by atoms with Crippen molar-refractivity contribution in [2.45, 2.75) is 4.83 Å². The third-order valence-corrected chi connectivity index (χ3v) is 3.17. The molecule has 1 aromatic carbocycles. The van der Waals surface area contributed by atoms with Crippen LogP contribution in [0.4, 0.5) is 0 Å². The van der Waals surface area contributed by atoms with Crippen LogP contribution >= 0.6 is 15.9 Å². The van der Waals surface area contributed by atoms with Crippen molar-refractivity contribution in [1.82, 2.24) is 0 Å². The molecule has 5 heteroatoms. The van der Waals surface area contributed by atoms with Gasteiger partial charge in [0.15, 0.2) is 11.5 Å². The lowest BCUT2D eigenvalue weighted by atomic mass is 10.1. The first-order valence-corrected chi connectivity index (χ1v) is 5.75. The molecule has 86 valence electrons. The van der Waals surface area contributed by atoms with Gasteiger partial charge in [-0.1, -0.05) is 22.0 Å². The van der Waals surface area contributed by atoms with Gasteiger partial charge in [-0.25, -0.2) is 0 Å². The van der Waals surface area contributed by atoms with E-state index in [2.05, 4.69) is 20.7 Å². The molecule has 0 aromatic heterocycles. The summed E-state index contributed by atoms with van der Waals surface area (Å²) in [5, 5.41) is 0. The van der Waals surface area contributed by atoms with Crippen molar-refractivity contribution in [3.05, 3.63) is 23.8 Å². The molecule has 0 spiro atoms. The van der Waals surface area contributed by atoms with Crippen molar-refractivity contribution in [3.8, 4) is 11.5 Å². The van der Waals surface area contributed by atoms with Crippen LogP contribution in [0.15, 0.2) is 18.2 Å². The summed E-state index contributed by atoms with van der Waals surface area (Å²) < 4.78 is 15.5. The molecule has 1 aromatic rings. The molecule has 0 radical (unpaired) electrons. The second kappa shape index (κ2) is 4.74. The smallest absolute Gasteiger partial charge is 0.324 e. The lowest BCUT2D eigenvalue weighted by Gasteiger charge is -2.19.